The Morgan fingerprint density at radius 3 is 2.64 bits per heavy atom. The Morgan fingerprint density at radius 1 is 1.45 bits per heavy atom. The molecule has 0 aromatic rings. The number of methoxy groups -OCH3 is 1. The van der Waals surface area contributed by atoms with E-state index in [0.29, 0.717) is 5.92 Å². The maximum Gasteiger partial charge on any atom is 0.0662 e. The summed E-state index contributed by atoms with van der Waals surface area (Å²) < 4.78 is 5.44. The zero-order valence-electron chi connectivity index (χ0n) is 7.81. The minimum Gasteiger partial charge on any atom is -0.378 e. The second-order valence-corrected chi connectivity index (χ2v) is 3.85. The highest BCUT2D eigenvalue weighted by molar-refractivity contribution is 4.83. The van der Waals surface area contributed by atoms with Gasteiger partial charge < -0.3 is 10.1 Å². The predicted molar refractivity (Wildman–Crippen MR) is 46.7 cm³/mol. The molecule has 1 fully saturated rings. The number of rotatable bonds is 2. The first kappa shape index (κ1) is 9.01. The molecule has 1 rings (SSSR count). The lowest BCUT2D eigenvalue weighted by Gasteiger charge is -2.36. The molecule has 11 heavy (non-hydrogen) atoms. The van der Waals surface area contributed by atoms with Crippen molar-refractivity contribution in [1.82, 2.24) is 5.32 Å². The van der Waals surface area contributed by atoms with Gasteiger partial charge in [0.25, 0.3) is 0 Å². The molecule has 2 nitrogen and oxygen atoms in total. The Hall–Kier alpha value is -0.0800. The molecule has 0 aliphatic carbocycles. The Labute approximate surface area is 69.3 Å². The van der Waals surface area contributed by atoms with Crippen LogP contribution in [0.4, 0.5) is 0 Å². The maximum absolute atomic E-state index is 5.44. The van der Waals surface area contributed by atoms with E-state index in [0.717, 1.165) is 6.54 Å². The van der Waals surface area contributed by atoms with E-state index in [1.54, 1.807) is 7.11 Å². The number of hydrogen-bond acceptors (Lipinski definition) is 2. The highest BCUT2D eigenvalue weighted by Gasteiger charge is 2.29. The first-order valence-electron chi connectivity index (χ1n) is 4.42. The molecule has 1 N–H and O–H groups in total. The van der Waals surface area contributed by atoms with Crippen molar-refractivity contribution in [3.8, 4) is 0 Å². The molecule has 0 aromatic carbocycles. The van der Waals surface area contributed by atoms with E-state index in [1.165, 1.54) is 19.4 Å². The fourth-order valence-corrected chi connectivity index (χ4v) is 1.61. The average molecular weight is 157 g/mol. The zero-order chi connectivity index (χ0) is 8.32. The summed E-state index contributed by atoms with van der Waals surface area (Å²) in [5.41, 5.74) is 0.0490. The highest BCUT2D eigenvalue weighted by atomic mass is 16.5. The van der Waals surface area contributed by atoms with Crippen LogP contribution in [0.25, 0.3) is 0 Å². The van der Waals surface area contributed by atoms with Crippen LogP contribution in [0.1, 0.15) is 26.7 Å². The fourth-order valence-electron chi connectivity index (χ4n) is 1.61. The molecule has 1 unspecified atom stereocenters. The summed E-state index contributed by atoms with van der Waals surface area (Å²) in [6.07, 6.45) is 2.59. The number of nitrogens with one attached hydrogen (secondary N) is 1. The van der Waals surface area contributed by atoms with Crippen molar-refractivity contribution in [2.24, 2.45) is 5.92 Å². The van der Waals surface area contributed by atoms with Crippen LogP contribution in [0.5, 0.6) is 0 Å². The van der Waals surface area contributed by atoms with Crippen molar-refractivity contribution in [3.05, 3.63) is 0 Å². The van der Waals surface area contributed by atoms with Gasteiger partial charge in [0, 0.05) is 13.7 Å². The highest BCUT2D eigenvalue weighted by Crippen LogP contribution is 2.25. The molecular formula is C9H19NO. The molecule has 0 radical (unpaired) electrons. The summed E-state index contributed by atoms with van der Waals surface area (Å²) >= 11 is 0. The Bertz CT molecular complexity index is 117. The maximum atomic E-state index is 5.44. The van der Waals surface area contributed by atoms with E-state index in [2.05, 4.69) is 19.2 Å². The largest absolute Gasteiger partial charge is 0.378 e. The van der Waals surface area contributed by atoms with Gasteiger partial charge in [0.15, 0.2) is 0 Å². The number of piperidine rings is 1. The third-order valence-corrected chi connectivity index (χ3v) is 2.81. The van der Waals surface area contributed by atoms with Gasteiger partial charge >= 0.3 is 0 Å². The van der Waals surface area contributed by atoms with Crippen LogP contribution in [0.3, 0.4) is 0 Å². The standard InChI is InChI=1S/C9H19NO/c1-9(2,11-3)8-5-4-6-10-7-8/h8,10H,4-7H2,1-3H3. The number of ether oxygens (including phenoxy) is 1. The predicted octanol–water partition coefficient (Wildman–Crippen LogP) is 1.41. The van der Waals surface area contributed by atoms with E-state index in [4.69, 9.17) is 4.74 Å². The van der Waals surface area contributed by atoms with Gasteiger partial charge in [0.05, 0.1) is 5.60 Å². The summed E-state index contributed by atoms with van der Waals surface area (Å²) in [5, 5.41) is 3.40. The van der Waals surface area contributed by atoms with E-state index >= 15 is 0 Å². The molecule has 0 amide bonds. The van der Waals surface area contributed by atoms with E-state index in [-0.39, 0.29) is 5.60 Å². The molecule has 0 aromatic heterocycles. The molecule has 1 saturated heterocycles. The Kier molecular flexibility index (Phi) is 2.90. The van der Waals surface area contributed by atoms with Crippen molar-refractivity contribution in [1.29, 1.82) is 0 Å². The van der Waals surface area contributed by atoms with Gasteiger partial charge in [-0.3, -0.25) is 0 Å². The van der Waals surface area contributed by atoms with E-state index in [1.807, 2.05) is 0 Å². The van der Waals surface area contributed by atoms with Crippen LogP contribution in [-0.2, 0) is 4.74 Å². The van der Waals surface area contributed by atoms with E-state index < -0.39 is 0 Å². The van der Waals surface area contributed by atoms with Crippen molar-refractivity contribution < 1.29 is 4.74 Å². The van der Waals surface area contributed by atoms with Crippen LogP contribution < -0.4 is 5.32 Å². The van der Waals surface area contributed by atoms with Crippen molar-refractivity contribution in [3.63, 3.8) is 0 Å². The SMILES string of the molecule is COC(C)(C)C1CCCNC1. The van der Waals surface area contributed by atoms with Gasteiger partial charge in [-0.25, -0.2) is 0 Å². The molecule has 1 heterocycles. The molecule has 1 aliphatic rings. The summed E-state index contributed by atoms with van der Waals surface area (Å²) in [7, 11) is 1.80. The van der Waals surface area contributed by atoms with Gasteiger partial charge in [0.2, 0.25) is 0 Å². The first-order chi connectivity index (χ1) is 5.17. The lowest BCUT2D eigenvalue weighted by molar-refractivity contribution is -0.0351. The molecule has 2 heteroatoms. The van der Waals surface area contributed by atoms with Crippen LogP contribution in [-0.4, -0.2) is 25.8 Å². The van der Waals surface area contributed by atoms with Crippen molar-refractivity contribution in [2.75, 3.05) is 20.2 Å². The first-order valence-corrected chi connectivity index (χ1v) is 4.42. The lowest BCUT2D eigenvalue weighted by Crippen LogP contribution is -2.43. The fraction of sp³-hybridized carbons (Fsp3) is 1.00. The van der Waals surface area contributed by atoms with Crippen LogP contribution in [0, 0.1) is 5.92 Å². The smallest absolute Gasteiger partial charge is 0.0662 e. The quantitative estimate of drug-likeness (QED) is 0.654. The van der Waals surface area contributed by atoms with Crippen LogP contribution >= 0.6 is 0 Å². The molecule has 0 spiro atoms. The number of hydrogen-bond donors (Lipinski definition) is 1. The van der Waals surface area contributed by atoms with Crippen molar-refractivity contribution in [2.45, 2.75) is 32.3 Å². The molecule has 66 valence electrons. The van der Waals surface area contributed by atoms with Crippen molar-refractivity contribution >= 4 is 0 Å². The monoisotopic (exact) mass is 157 g/mol. The molecule has 1 aliphatic heterocycles. The lowest BCUT2D eigenvalue weighted by atomic mass is 9.85. The minimum atomic E-state index is 0.0490. The van der Waals surface area contributed by atoms with Gasteiger partial charge in [-0.1, -0.05) is 0 Å². The van der Waals surface area contributed by atoms with Gasteiger partial charge in [-0.15, -0.1) is 0 Å². The van der Waals surface area contributed by atoms with Crippen LogP contribution in [0.15, 0.2) is 0 Å². The Morgan fingerprint density at radius 2 is 2.18 bits per heavy atom. The summed E-state index contributed by atoms with van der Waals surface area (Å²) in [5.74, 6) is 0.682. The molecule has 0 bridgehead atoms. The summed E-state index contributed by atoms with van der Waals surface area (Å²) in [6.45, 7) is 6.63. The molecular weight excluding hydrogens is 138 g/mol. The van der Waals surface area contributed by atoms with Crippen LogP contribution in [0.2, 0.25) is 0 Å². The summed E-state index contributed by atoms with van der Waals surface area (Å²) in [6, 6.07) is 0. The second-order valence-electron chi connectivity index (χ2n) is 3.85. The zero-order valence-corrected chi connectivity index (χ0v) is 7.81. The van der Waals surface area contributed by atoms with Gasteiger partial charge in [-0.05, 0) is 39.2 Å². The molecule has 0 saturated carbocycles. The van der Waals surface area contributed by atoms with E-state index in [9.17, 15) is 0 Å². The molecule has 1 atom stereocenters. The normalized spacial score (nSPS) is 27.0. The minimum absolute atomic E-state index is 0.0490. The topological polar surface area (TPSA) is 21.3 Å². The van der Waals surface area contributed by atoms with Gasteiger partial charge in [-0.2, -0.15) is 0 Å². The Balaban J connectivity index is 2.43. The third kappa shape index (κ3) is 2.17. The average Bonchev–Trinajstić information content (AvgIpc) is 2.06. The van der Waals surface area contributed by atoms with Gasteiger partial charge in [0.1, 0.15) is 0 Å². The summed E-state index contributed by atoms with van der Waals surface area (Å²) in [4.78, 5) is 0. The third-order valence-electron chi connectivity index (χ3n) is 2.81. The second kappa shape index (κ2) is 3.55.